The molecule has 0 saturated heterocycles. The lowest BCUT2D eigenvalue weighted by Crippen LogP contribution is -2.94. The highest BCUT2D eigenvalue weighted by atomic mass is 32.2. The lowest BCUT2D eigenvalue weighted by molar-refractivity contribution is -0.717. The third-order valence-corrected chi connectivity index (χ3v) is 4.54. The minimum absolute atomic E-state index is 0.110. The summed E-state index contributed by atoms with van der Waals surface area (Å²) in [6, 6.07) is 14.6. The average molecular weight is 332 g/mol. The summed E-state index contributed by atoms with van der Waals surface area (Å²) in [4.78, 5) is 13.0. The first-order valence-corrected chi connectivity index (χ1v) is 9.15. The van der Waals surface area contributed by atoms with E-state index in [0.29, 0.717) is 5.75 Å². The van der Waals surface area contributed by atoms with Crippen LogP contribution in [0.25, 0.3) is 10.8 Å². The molecule has 4 heteroatoms. The van der Waals surface area contributed by atoms with Gasteiger partial charge in [0.05, 0.1) is 17.8 Å². The molecule has 2 aromatic rings. The van der Waals surface area contributed by atoms with Crippen molar-refractivity contribution in [2.24, 2.45) is 0 Å². The molecule has 1 amide bonds. The number of thioether (sulfide) groups is 1. The maximum atomic E-state index is 11.9. The van der Waals surface area contributed by atoms with Crippen LogP contribution in [-0.4, -0.2) is 30.3 Å². The van der Waals surface area contributed by atoms with Crippen LogP contribution >= 0.6 is 11.8 Å². The van der Waals surface area contributed by atoms with Crippen molar-refractivity contribution in [1.82, 2.24) is 5.32 Å². The molecule has 0 atom stereocenters. The fourth-order valence-electron chi connectivity index (χ4n) is 2.32. The Bertz CT molecular complexity index is 649. The van der Waals surface area contributed by atoms with E-state index in [4.69, 9.17) is 0 Å². The smallest absolute Gasteiger partial charge is 0.230 e. The van der Waals surface area contributed by atoms with E-state index in [0.717, 1.165) is 24.4 Å². The zero-order valence-corrected chi connectivity index (χ0v) is 15.1. The Balaban J connectivity index is 1.69. The van der Waals surface area contributed by atoms with Crippen molar-refractivity contribution in [1.29, 1.82) is 0 Å². The largest absolute Gasteiger partial charge is 0.355 e. The molecule has 0 aliphatic rings. The van der Waals surface area contributed by atoms with Crippen molar-refractivity contribution in [3.63, 3.8) is 0 Å². The van der Waals surface area contributed by atoms with Gasteiger partial charge in [0.15, 0.2) is 0 Å². The first-order chi connectivity index (χ1) is 10.9. The van der Waals surface area contributed by atoms with Gasteiger partial charge in [0, 0.05) is 17.9 Å². The summed E-state index contributed by atoms with van der Waals surface area (Å²) in [5, 5.41) is 7.76. The topological polar surface area (TPSA) is 45.7 Å². The van der Waals surface area contributed by atoms with Crippen molar-refractivity contribution >= 4 is 28.4 Å². The molecule has 0 aliphatic carbocycles. The lowest BCUT2D eigenvalue weighted by Gasteiger charge is -2.16. The van der Waals surface area contributed by atoms with Gasteiger partial charge in [0.1, 0.15) is 0 Å². The fraction of sp³-hybridized carbons (Fsp3) is 0.421. The molecule has 0 aliphatic heterocycles. The van der Waals surface area contributed by atoms with Crippen molar-refractivity contribution in [2.45, 2.75) is 37.6 Å². The van der Waals surface area contributed by atoms with Crippen LogP contribution < -0.4 is 10.6 Å². The molecule has 0 aromatic heterocycles. The molecule has 0 unspecified atom stereocenters. The molecule has 23 heavy (non-hydrogen) atoms. The minimum Gasteiger partial charge on any atom is -0.355 e. The van der Waals surface area contributed by atoms with E-state index in [1.54, 1.807) is 11.8 Å². The van der Waals surface area contributed by atoms with Gasteiger partial charge in [-0.05, 0) is 43.7 Å². The van der Waals surface area contributed by atoms with E-state index < -0.39 is 0 Å². The number of carbonyl (C=O) groups is 1. The van der Waals surface area contributed by atoms with E-state index in [1.807, 2.05) is 12.1 Å². The highest BCUT2D eigenvalue weighted by molar-refractivity contribution is 8.00. The average Bonchev–Trinajstić information content (AvgIpc) is 2.51. The predicted molar refractivity (Wildman–Crippen MR) is 98.8 cm³/mol. The van der Waals surface area contributed by atoms with E-state index in [2.05, 4.69) is 61.7 Å². The summed E-state index contributed by atoms with van der Waals surface area (Å²) in [5.74, 6) is 0.584. The minimum atomic E-state index is 0.110. The molecule has 0 bridgehead atoms. The van der Waals surface area contributed by atoms with Crippen LogP contribution in [0.4, 0.5) is 0 Å². The van der Waals surface area contributed by atoms with Gasteiger partial charge in [0.2, 0.25) is 5.91 Å². The molecule has 0 saturated carbocycles. The van der Waals surface area contributed by atoms with Crippen molar-refractivity contribution in [3.8, 4) is 0 Å². The van der Waals surface area contributed by atoms with E-state index >= 15 is 0 Å². The maximum absolute atomic E-state index is 11.9. The Labute approximate surface area is 143 Å². The number of benzene rings is 2. The maximum Gasteiger partial charge on any atom is 0.230 e. The number of amides is 1. The molecule has 3 nitrogen and oxygen atoms in total. The number of nitrogens with two attached hydrogens (primary N) is 1. The first kappa shape index (κ1) is 17.8. The second-order valence-corrected chi connectivity index (χ2v) is 7.91. The quantitative estimate of drug-likeness (QED) is 0.605. The van der Waals surface area contributed by atoms with Crippen LogP contribution in [0.15, 0.2) is 47.4 Å². The third kappa shape index (κ3) is 6.63. The summed E-state index contributed by atoms with van der Waals surface area (Å²) in [5.41, 5.74) is 0.260. The van der Waals surface area contributed by atoms with Crippen LogP contribution in [0.5, 0.6) is 0 Å². The normalized spacial score (nSPS) is 11.6. The summed E-state index contributed by atoms with van der Waals surface area (Å²) in [6.07, 6.45) is 1.00. The summed E-state index contributed by atoms with van der Waals surface area (Å²) in [7, 11) is 0. The van der Waals surface area contributed by atoms with Gasteiger partial charge < -0.3 is 10.6 Å². The molecular formula is C19H27N2OS+. The Morgan fingerprint density at radius 3 is 2.61 bits per heavy atom. The number of quaternary nitrogens is 1. The fourth-order valence-corrected chi connectivity index (χ4v) is 3.10. The number of hydrogen-bond donors (Lipinski definition) is 2. The van der Waals surface area contributed by atoms with Gasteiger partial charge in [0.25, 0.3) is 0 Å². The molecule has 2 rings (SSSR count). The predicted octanol–water partition coefficient (Wildman–Crippen LogP) is 2.80. The Hall–Kier alpha value is -1.52. The van der Waals surface area contributed by atoms with Crippen LogP contribution in [0, 0.1) is 0 Å². The lowest BCUT2D eigenvalue weighted by atomic mass is 10.1. The van der Waals surface area contributed by atoms with E-state index in [1.165, 1.54) is 10.8 Å². The number of nitrogens with one attached hydrogen (secondary N) is 1. The van der Waals surface area contributed by atoms with E-state index in [9.17, 15) is 4.79 Å². The molecule has 0 spiro atoms. The second kappa shape index (κ2) is 8.37. The summed E-state index contributed by atoms with van der Waals surface area (Å²) in [6.45, 7) is 8.40. The molecular weight excluding hydrogens is 304 g/mol. The number of rotatable bonds is 7. The van der Waals surface area contributed by atoms with Gasteiger partial charge in [-0.25, -0.2) is 0 Å². The molecule has 3 N–H and O–H groups in total. The zero-order valence-electron chi connectivity index (χ0n) is 14.3. The molecule has 0 fully saturated rings. The van der Waals surface area contributed by atoms with Crippen LogP contribution in [0.1, 0.15) is 27.2 Å². The molecule has 2 aromatic carbocycles. The molecule has 0 heterocycles. The Morgan fingerprint density at radius 2 is 1.87 bits per heavy atom. The van der Waals surface area contributed by atoms with Crippen LogP contribution in [-0.2, 0) is 4.79 Å². The SMILES string of the molecule is CC(C)(C)[NH2+]CCCNC(=O)CSc1ccc2ccccc2c1. The zero-order chi connectivity index (χ0) is 16.7. The van der Waals surface area contributed by atoms with Gasteiger partial charge >= 0.3 is 0 Å². The Kier molecular flexibility index (Phi) is 6.48. The summed E-state index contributed by atoms with van der Waals surface area (Å²) >= 11 is 1.59. The molecule has 124 valence electrons. The standard InChI is InChI=1S/C19H26N2OS/c1-19(2,3)21-12-6-11-20-18(22)14-23-17-10-9-15-7-4-5-8-16(15)13-17/h4-5,7-10,13,21H,6,11-12,14H2,1-3H3,(H,20,22)/p+1. The van der Waals surface area contributed by atoms with Gasteiger partial charge in [-0.3, -0.25) is 4.79 Å². The van der Waals surface area contributed by atoms with Crippen LogP contribution in [0.3, 0.4) is 0 Å². The number of fused-ring (bicyclic) bond motifs is 1. The third-order valence-electron chi connectivity index (χ3n) is 3.55. The monoisotopic (exact) mass is 331 g/mol. The Morgan fingerprint density at radius 1 is 1.13 bits per heavy atom. The van der Waals surface area contributed by atoms with Gasteiger partial charge in [-0.2, -0.15) is 0 Å². The second-order valence-electron chi connectivity index (χ2n) is 6.86. The summed E-state index contributed by atoms with van der Waals surface area (Å²) < 4.78 is 0. The number of carbonyl (C=O) groups excluding carboxylic acids is 1. The van der Waals surface area contributed by atoms with Crippen molar-refractivity contribution < 1.29 is 10.1 Å². The van der Waals surface area contributed by atoms with E-state index in [-0.39, 0.29) is 11.4 Å². The first-order valence-electron chi connectivity index (χ1n) is 8.17. The molecule has 0 radical (unpaired) electrons. The number of hydrogen-bond acceptors (Lipinski definition) is 2. The van der Waals surface area contributed by atoms with Gasteiger partial charge in [-0.15, -0.1) is 11.8 Å². The van der Waals surface area contributed by atoms with Crippen molar-refractivity contribution in [3.05, 3.63) is 42.5 Å². The van der Waals surface area contributed by atoms with Crippen LogP contribution in [0.2, 0.25) is 0 Å². The van der Waals surface area contributed by atoms with Crippen molar-refractivity contribution in [2.75, 3.05) is 18.8 Å². The highest BCUT2D eigenvalue weighted by Crippen LogP contribution is 2.23. The van der Waals surface area contributed by atoms with Gasteiger partial charge in [-0.1, -0.05) is 30.3 Å². The highest BCUT2D eigenvalue weighted by Gasteiger charge is 2.11.